The monoisotopic (exact) mass is 223 g/mol. The summed E-state index contributed by atoms with van der Waals surface area (Å²) in [5, 5.41) is 0. The van der Waals surface area contributed by atoms with Gasteiger partial charge in [0.25, 0.3) is 0 Å². The average Bonchev–Trinajstić information content (AvgIpc) is 2.26. The Balaban J connectivity index is 3.19. The third-order valence-corrected chi connectivity index (χ3v) is 2.16. The standard InChI is InChI=1S/C12H17NO3/c1-12(2,3)10(14)8-6-7-9(15-4)13-11(8)16-5/h6-7H,1-5H3. The Morgan fingerprint density at radius 3 is 2.25 bits per heavy atom. The van der Waals surface area contributed by atoms with Gasteiger partial charge in [-0.2, -0.15) is 4.98 Å². The summed E-state index contributed by atoms with van der Waals surface area (Å²) in [6.45, 7) is 5.58. The van der Waals surface area contributed by atoms with Crippen molar-refractivity contribution in [3.05, 3.63) is 17.7 Å². The van der Waals surface area contributed by atoms with Crippen LogP contribution in [-0.4, -0.2) is 25.0 Å². The van der Waals surface area contributed by atoms with Gasteiger partial charge in [0.15, 0.2) is 5.78 Å². The molecule has 4 nitrogen and oxygen atoms in total. The Hall–Kier alpha value is -1.58. The molecule has 0 aliphatic carbocycles. The van der Waals surface area contributed by atoms with Crippen LogP contribution in [-0.2, 0) is 0 Å². The second kappa shape index (κ2) is 4.51. The van der Waals surface area contributed by atoms with E-state index in [0.29, 0.717) is 17.3 Å². The molecule has 0 aromatic carbocycles. The molecule has 0 aliphatic heterocycles. The normalized spacial score (nSPS) is 11.1. The molecule has 4 heteroatoms. The number of pyridine rings is 1. The highest BCUT2D eigenvalue weighted by molar-refractivity contribution is 6.01. The van der Waals surface area contributed by atoms with E-state index in [1.807, 2.05) is 20.8 Å². The van der Waals surface area contributed by atoms with E-state index in [0.717, 1.165) is 0 Å². The molecule has 0 bridgehead atoms. The second-order valence-corrected chi connectivity index (χ2v) is 4.49. The van der Waals surface area contributed by atoms with Crippen LogP contribution in [0, 0.1) is 5.41 Å². The zero-order valence-electron chi connectivity index (χ0n) is 10.3. The summed E-state index contributed by atoms with van der Waals surface area (Å²) >= 11 is 0. The fourth-order valence-corrected chi connectivity index (χ4v) is 1.27. The summed E-state index contributed by atoms with van der Waals surface area (Å²) in [5.74, 6) is 0.737. The van der Waals surface area contributed by atoms with Gasteiger partial charge in [0.2, 0.25) is 11.8 Å². The molecule has 0 spiro atoms. The minimum atomic E-state index is -0.455. The Kier molecular flexibility index (Phi) is 3.52. The molecule has 0 atom stereocenters. The van der Waals surface area contributed by atoms with Crippen LogP contribution in [0.25, 0.3) is 0 Å². The first-order chi connectivity index (χ1) is 7.40. The molecule has 1 rings (SSSR count). The average molecular weight is 223 g/mol. The number of hydrogen-bond donors (Lipinski definition) is 0. The lowest BCUT2D eigenvalue weighted by atomic mass is 9.87. The highest BCUT2D eigenvalue weighted by Crippen LogP contribution is 2.27. The largest absolute Gasteiger partial charge is 0.481 e. The van der Waals surface area contributed by atoms with E-state index < -0.39 is 5.41 Å². The number of methoxy groups -OCH3 is 2. The molecule has 0 radical (unpaired) electrons. The first-order valence-electron chi connectivity index (χ1n) is 5.04. The molecule has 88 valence electrons. The van der Waals surface area contributed by atoms with E-state index in [2.05, 4.69) is 4.98 Å². The first kappa shape index (κ1) is 12.5. The van der Waals surface area contributed by atoms with Crippen LogP contribution < -0.4 is 9.47 Å². The van der Waals surface area contributed by atoms with E-state index in [1.165, 1.54) is 14.2 Å². The number of ether oxygens (including phenoxy) is 2. The molecule has 1 aromatic rings. The maximum Gasteiger partial charge on any atom is 0.227 e. The van der Waals surface area contributed by atoms with Crippen molar-refractivity contribution in [3.63, 3.8) is 0 Å². The fraction of sp³-hybridized carbons (Fsp3) is 0.500. The minimum Gasteiger partial charge on any atom is -0.481 e. The van der Waals surface area contributed by atoms with Gasteiger partial charge >= 0.3 is 0 Å². The summed E-state index contributed by atoms with van der Waals surface area (Å²) in [7, 11) is 3.01. The van der Waals surface area contributed by atoms with Crippen LogP contribution in [0.4, 0.5) is 0 Å². The molecule has 0 fully saturated rings. The molecule has 1 aromatic heterocycles. The summed E-state index contributed by atoms with van der Waals surface area (Å²) < 4.78 is 10.1. The van der Waals surface area contributed by atoms with Gasteiger partial charge < -0.3 is 9.47 Å². The summed E-state index contributed by atoms with van der Waals surface area (Å²) in [4.78, 5) is 16.2. The van der Waals surface area contributed by atoms with Crippen LogP contribution in [0.1, 0.15) is 31.1 Å². The number of ketones is 1. The van der Waals surface area contributed by atoms with E-state index in [9.17, 15) is 4.79 Å². The van der Waals surface area contributed by atoms with E-state index in [4.69, 9.17) is 9.47 Å². The second-order valence-electron chi connectivity index (χ2n) is 4.49. The van der Waals surface area contributed by atoms with Crippen LogP contribution in [0.3, 0.4) is 0 Å². The molecular weight excluding hydrogens is 206 g/mol. The van der Waals surface area contributed by atoms with Gasteiger partial charge in [0.1, 0.15) is 0 Å². The lowest BCUT2D eigenvalue weighted by Crippen LogP contribution is -2.21. The van der Waals surface area contributed by atoms with Gasteiger partial charge in [-0.1, -0.05) is 20.8 Å². The van der Waals surface area contributed by atoms with Gasteiger partial charge in [-0.3, -0.25) is 4.79 Å². The number of carbonyl (C=O) groups excluding carboxylic acids is 1. The molecule has 0 N–H and O–H groups in total. The molecular formula is C12H17NO3. The van der Waals surface area contributed by atoms with Gasteiger partial charge in [0.05, 0.1) is 19.8 Å². The topological polar surface area (TPSA) is 48.4 Å². The Bertz CT molecular complexity index is 394. The summed E-state index contributed by atoms with van der Waals surface area (Å²) in [6.07, 6.45) is 0. The lowest BCUT2D eigenvalue weighted by molar-refractivity contribution is 0.0854. The van der Waals surface area contributed by atoms with Crippen LogP contribution >= 0.6 is 0 Å². The van der Waals surface area contributed by atoms with E-state index in [-0.39, 0.29) is 5.78 Å². The van der Waals surface area contributed by atoms with Crippen molar-refractivity contribution in [2.75, 3.05) is 14.2 Å². The zero-order valence-corrected chi connectivity index (χ0v) is 10.3. The molecule has 0 aliphatic rings. The van der Waals surface area contributed by atoms with E-state index >= 15 is 0 Å². The van der Waals surface area contributed by atoms with Gasteiger partial charge in [-0.05, 0) is 6.07 Å². The summed E-state index contributed by atoms with van der Waals surface area (Å²) in [6, 6.07) is 3.33. The predicted molar refractivity (Wildman–Crippen MR) is 61.1 cm³/mol. The number of rotatable bonds is 3. The maximum atomic E-state index is 12.1. The predicted octanol–water partition coefficient (Wildman–Crippen LogP) is 2.33. The third kappa shape index (κ3) is 2.51. The van der Waals surface area contributed by atoms with Gasteiger partial charge in [0, 0.05) is 11.5 Å². The SMILES string of the molecule is COc1ccc(C(=O)C(C)(C)C)c(OC)n1. The zero-order chi connectivity index (χ0) is 12.3. The molecule has 16 heavy (non-hydrogen) atoms. The minimum absolute atomic E-state index is 0.000460. The Labute approximate surface area is 95.6 Å². The van der Waals surface area contributed by atoms with Crippen molar-refractivity contribution < 1.29 is 14.3 Å². The van der Waals surface area contributed by atoms with Crippen molar-refractivity contribution in [1.29, 1.82) is 0 Å². The van der Waals surface area contributed by atoms with E-state index in [1.54, 1.807) is 12.1 Å². The number of aromatic nitrogens is 1. The number of Topliss-reactive ketones (excluding diaryl/α,β-unsaturated/α-hetero) is 1. The van der Waals surface area contributed by atoms with Crippen LogP contribution in [0.15, 0.2) is 12.1 Å². The Morgan fingerprint density at radius 1 is 1.19 bits per heavy atom. The first-order valence-corrected chi connectivity index (χ1v) is 5.04. The van der Waals surface area contributed by atoms with Crippen molar-refractivity contribution in [2.45, 2.75) is 20.8 Å². The number of nitrogens with zero attached hydrogens (tertiary/aromatic N) is 1. The van der Waals surface area contributed by atoms with Gasteiger partial charge in [-0.15, -0.1) is 0 Å². The van der Waals surface area contributed by atoms with Crippen molar-refractivity contribution >= 4 is 5.78 Å². The lowest BCUT2D eigenvalue weighted by Gasteiger charge is -2.18. The molecule has 0 saturated carbocycles. The third-order valence-electron chi connectivity index (χ3n) is 2.16. The highest BCUT2D eigenvalue weighted by atomic mass is 16.5. The molecule has 0 unspecified atom stereocenters. The molecule has 0 amide bonds. The van der Waals surface area contributed by atoms with Crippen molar-refractivity contribution in [3.8, 4) is 11.8 Å². The summed E-state index contributed by atoms with van der Waals surface area (Å²) in [5.41, 5.74) is 0.0274. The fourth-order valence-electron chi connectivity index (χ4n) is 1.27. The number of carbonyl (C=O) groups is 1. The van der Waals surface area contributed by atoms with Crippen molar-refractivity contribution in [2.24, 2.45) is 5.41 Å². The number of hydrogen-bond acceptors (Lipinski definition) is 4. The van der Waals surface area contributed by atoms with Gasteiger partial charge in [-0.25, -0.2) is 0 Å². The molecule has 1 heterocycles. The Morgan fingerprint density at radius 2 is 1.81 bits per heavy atom. The quantitative estimate of drug-likeness (QED) is 0.738. The van der Waals surface area contributed by atoms with Crippen LogP contribution in [0.5, 0.6) is 11.8 Å². The smallest absolute Gasteiger partial charge is 0.227 e. The molecule has 0 saturated heterocycles. The van der Waals surface area contributed by atoms with Crippen LogP contribution in [0.2, 0.25) is 0 Å². The van der Waals surface area contributed by atoms with Crippen molar-refractivity contribution in [1.82, 2.24) is 4.98 Å². The highest BCUT2D eigenvalue weighted by Gasteiger charge is 2.26. The maximum absolute atomic E-state index is 12.1.